The molecule has 5 aromatic rings. The third-order valence-electron chi connectivity index (χ3n) is 7.96. The largest absolute Gasteiger partial charge is 0.0610 e. The first-order valence-corrected chi connectivity index (χ1v) is 14.4. The maximum atomic E-state index is 2.36. The van der Waals surface area contributed by atoms with E-state index in [0.29, 0.717) is 0 Å². The molecule has 0 aliphatic carbocycles. The molecule has 0 fully saturated rings. The first kappa shape index (κ1) is 27.7. The zero-order valence-corrected chi connectivity index (χ0v) is 25.4. The molecule has 40 heavy (non-hydrogen) atoms. The van der Waals surface area contributed by atoms with Gasteiger partial charge in [0.25, 0.3) is 0 Å². The number of hydrogen-bond acceptors (Lipinski definition) is 0. The lowest BCUT2D eigenvalue weighted by Crippen LogP contribution is -2.10. The van der Waals surface area contributed by atoms with Crippen LogP contribution >= 0.6 is 0 Å². The predicted octanol–water partition coefficient (Wildman–Crippen LogP) is 11.6. The second kappa shape index (κ2) is 10.6. The highest BCUT2D eigenvalue weighted by atomic mass is 14.2. The molecular weight excluding hydrogens is 480 g/mol. The Bertz CT molecular complexity index is 1510. The number of hydrogen-bond donors (Lipinski definition) is 0. The van der Waals surface area contributed by atoms with Crippen LogP contribution in [0.5, 0.6) is 0 Å². The van der Waals surface area contributed by atoms with Gasteiger partial charge in [0, 0.05) is 0 Å². The summed E-state index contributed by atoms with van der Waals surface area (Å²) in [6, 6.07) is 40.9. The van der Waals surface area contributed by atoms with Gasteiger partial charge >= 0.3 is 0 Å². The molecule has 0 saturated heterocycles. The second-order valence-electron chi connectivity index (χ2n) is 13.3. The molecule has 0 atom stereocenters. The minimum absolute atomic E-state index is 0.140. The van der Waals surface area contributed by atoms with Crippen LogP contribution in [0.4, 0.5) is 0 Å². The lowest BCUT2D eigenvalue weighted by molar-refractivity contribution is 0.590. The summed E-state index contributed by atoms with van der Waals surface area (Å²) in [6.45, 7) is 18.0. The van der Waals surface area contributed by atoms with Crippen molar-refractivity contribution in [2.45, 2.75) is 66.2 Å². The van der Waals surface area contributed by atoms with Crippen LogP contribution in [0.3, 0.4) is 0 Å². The number of aryl methyl sites for hydroxylation is 2. The van der Waals surface area contributed by atoms with Crippen LogP contribution in [-0.4, -0.2) is 0 Å². The quantitative estimate of drug-likeness (QED) is 0.220. The topological polar surface area (TPSA) is 0 Å². The fourth-order valence-electron chi connectivity index (χ4n) is 5.45. The molecule has 5 aromatic carbocycles. The molecule has 0 unspecified atom stereocenters. The van der Waals surface area contributed by atoms with Crippen LogP contribution in [0.25, 0.3) is 44.5 Å². The van der Waals surface area contributed by atoms with E-state index in [4.69, 9.17) is 0 Å². The molecule has 0 spiro atoms. The Kier molecular flexibility index (Phi) is 7.32. The third kappa shape index (κ3) is 5.82. The smallest absolute Gasteiger partial charge is 0.0103 e. The van der Waals surface area contributed by atoms with Crippen molar-refractivity contribution in [3.63, 3.8) is 0 Å². The van der Waals surface area contributed by atoms with Crippen molar-refractivity contribution in [3.05, 3.63) is 131 Å². The first-order valence-electron chi connectivity index (χ1n) is 14.4. The standard InChI is InChI=1S/C40H42/c1-27-12-22-35(29-14-18-33(19-15-29)39(3,4)5)37(24-27)31-10-9-11-32(26-31)38-25-28(2)13-23-36(38)30-16-20-34(21-17-30)40(6,7)8/h9-26H,1-8H3. The van der Waals surface area contributed by atoms with E-state index >= 15 is 0 Å². The summed E-state index contributed by atoms with van der Waals surface area (Å²) in [6.07, 6.45) is 0. The van der Waals surface area contributed by atoms with Gasteiger partial charge in [-0.3, -0.25) is 0 Å². The zero-order chi connectivity index (χ0) is 28.7. The fraction of sp³-hybridized carbons (Fsp3) is 0.250. The highest BCUT2D eigenvalue weighted by Crippen LogP contribution is 2.39. The van der Waals surface area contributed by atoms with Gasteiger partial charge in [0.2, 0.25) is 0 Å². The Morgan fingerprint density at radius 1 is 0.350 bits per heavy atom. The molecule has 0 aliphatic rings. The SMILES string of the molecule is Cc1ccc(-c2ccc(C(C)(C)C)cc2)c(-c2cccc(-c3cc(C)ccc3-c3ccc(C(C)(C)C)cc3)c2)c1. The van der Waals surface area contributed by atoms with E-state index in [2.05, 4.69) is 165 Å². The minimum Gasteiger partial charge on any atom is -0.0610 e. The van der Waals surface area contributed by atoms with Crippen molar-refractivity contribution in [1.82, 2.24) is 0 Å². The zero-order valence-electron chi connectivity index (χ0n) is 25.4. The van der Waals surface area contributed by atoms with Crippen LogP contribution in [0.2, 0.25) is 0 Å². The minimum atomic E-state index is 0.140. The Hall–Kier alpha value is -3.90. The molecule has 0 heteroatoms. The lowest BCUT2D eigenvalue weighted by Gasteiger charge is -2.20. The highest BCUT2D eigenvalue weighted by molar-refractivity contribution is 5.89. The van der Waals surface area contributed by atoms with Gasteiger partial charge < -0.3 is 0 Å². The van der Waals surface area contributed by atoms with Crippen LogP contribution < -0.4 is 0 Å². The van der Waals surface area contributed by atoms with Gasteiger partial charge in [-0.05, 0) is 86.4 Å². The number of benzene rings is 5. The van der Waals surface area contributed by atoms with Crippen molar-refractivity contribution in [2.75, 3.05) is 0 Å². The lowest BCUT2D eigenvalue weighted by atomic mass is 9.84. The average molecular weight is 523 g/mol. The van der Waals surface area contributed by atoms with Gasteiger partial charge in [0.1, 0.15) is 0 Å². The summed E-state index contributed by atoms with van der Waals surface area (Å²) in [5.41, 5.74) is 15.6. The molecule has 0 amide bonds. The van der Waals surface area contributed by atoms with Crippen molar-refractivity contribution in [1.29, 1.82) is 0 Å². The van der Waals surface area contributed by atoms with Gasteiger partial charge in [-0.15, -0.1) is 0 Å². The Morgan fingerprint density at radius 3 is 1.07 bits per heavy atom. The summed E-state index contributed by atoms with van der Waals surface area (Å²) in [5, 5.41) is 0. The maximum Gasteiger partial charge on any atom is -0.0103 e. The summed E-state index contributed by atoms with van der Waals surface area (Å²) in [7, 11) is 0. The Balaban J connectivity index is 1.60. The van der Waals surface area contributed by atoms with Crippen LogP contribution in [0.1, 0.15) is 63.8 Å². The predicted molar refractivity (Wildman–Crippen MR) is 175 cm³/mol. The molecule has 0 bridgehead atoms. The van der Waals surface area contributed by atoms with Crippen molar-refractivity contribution in [3.8, 4) is 44.5 Å². The van der Waals surface area contributed by atoms with Crippen LogP contribution in [0.15, 0.2) is 109 Å². The summed E-state index contributed by atoms with van der Waals surface area (Å²) < 4.78 is 0. The first-order chi connectivity index (χ1) is 18.9. The molecule has 0 radical (unpaired) electrons. The molecule has 0 nitrogen and oxygen atoms in total. The van der Waals surface area contributed by atoms with Crippen molar-refractivity contribution >= 4 is 0 Å². The van der Waals surface area contributed by atoms with E-state index in [-0.39, 0.29) is 10.8 Å². The third-order valence-corrected chi connectivity index (χ3v) is 7.96. The highest BCUT2D eigenvalue weighted by Gasteiger charge is 2.17. The summed E-state index contributed by atoms with van der Waals surface area (Å²) in [5.74, 6) is 0. The molecule has 0 aromatic heterocycles. The van der Waals surface area contributed by atoms with Crippen molar-refractivity contribution < 1.29 is 0 Å². The molecule has 0 N–H and O–H groups in total. The van der Waals surface area contributed by atoms with Gasteiger partial charge in [-0.1, -0.05) is 156 Å². The van der Waals surface area contributed by atoms with E-state index in [9.17, 15) is 0 Å². The van der Waals surface area contributed by atoms with Crippen LogP contribution in [-0.2, 0) is 10.8 Å². The molecule has 5 rings (SSSR count). The Labute approximate surface area is 241 Å². The van der Waals surface area contributed by atoms with Gasteiger partial charge in [0.05, 0.1) is 0 Å². The van der Waals surface area contributed by atoms with E-state index in [1.807, 2.05) is 0 Å². The normalized spacial score (nSPS) is 12.0. The van der Waals surface area contributed by atoms with E-state index in [1.165, 1.54) is 66.8 Å². The van der Waals surface area contributed by atoms with Gasteiger partial charge in [0.15, 0.2) is 0 Å². The summed E-state index contributed by atoms with van der Waals surface area (Å²) >= 11 is 0. The molecule has 202 valence electrons. The monoisotopic (exact) mass is 522 g/mol. The van der Waals surface area contributed by atoms with E-state index in [1.54, 1.807) is 0 Å². The van der Waals surface area contributed by atoms with Crippen molar-refractivity contribution in [2.24, 2.45) is 0 Å². The van der Waals surface area contributed by atoms with Crippen LogP contribution in [0, 0.1) is 13.8 Å². The summed E-state index contributed by atoms with van der Waals surface area (Å²) in [4.78, 5) is 0. The molecule has 0 aliphatic heterocycles. The molecular formula is C40H42. The molecule has 0 saturated carbocycles. The maximum absolute atomic E-state index is 2.36. The van der Waals surface area contributed by atoms with Gasteiger partial charge in [-0.25, -0.2) is 0 Å². The van der Waals surface area contributed by atoms with Gasteiger partial charge in [-0.2, -0.15) is 0 Å². The average Bonchev–Trinajstić information content (AvgIpc) is 2.92. The molecule has 0 heterocycles. The second-order valence-corrected chi connectivity index (χ2v) is 13.3. The van der Waals surface area contributed by atoms with E-state index in [0.717, 1.165) is 0 Å². The fourth-order valence-corrected chi connectivity index (χ4v) is 5.45. The number of rotatable bonds is 4. The Morgan fingerprint density at radius 2 is 0.725 bits per heavy atom. The van der Waals surface area contributed by atoms with E-state index < -0.39 is 0 Å².